The fourth-order valence-electron chi connectivity index (χ4n) is 3.25. The Morgan fingerprint density at radius 1 is 1.40 bits per heavy atom. The first-order chi connectivity index (χ1) is 11.8. The molecular formula is C20H21BrN2OS. The summed E-state index contributed by atoms with van der Waals surface area (Å²) in [6.45, 7) is 6.88. The Hall–Kier alpha value is -1.64. The summed E-state index contributed by atoms with van der Waals surface area (Å²) in [4.78, 5) is 5.90. The van der Waals surface area contributed by atoms with Crippen molar-refractivity contribution in [2.45, 2.75) is 40.0 Å². The molecule has 1 aliphatic rings. The lowest BCUT2D eigenvalue weighted by atomic mass is 9.72. The third-order valence-electron chi connectivity index (χ3n) is 4.89. The zero-order chi connectivity index (χ0) is 18.2. The number of nitrogens with zero attached hydrogens (tertiary/aromatic N) is 2. The van der Waals surface area contributed by atoms with Crippen molar-refractivity contribution in [2.75, 3.05) is 0 Å². The maximum Gasteiger partial charge on any atom is 0.134 e. The first kappa shape index (κ1) is 18.2. The summed E-state index contributed by atoms with van der Waals surface area (Å²) in [6, 6.07) is 7.61. The van der Waals surface area contributed by atoms with Gasteiger partial charge in [-0.15, -0.1) is 11.3 Å². The number of aliphatic imine (C=N–C) groups is 1. The molecule has 0 unspecified atom stereocenters. The third kappa shape index (κ3) is 3.80. The topological polar surface area (TPSA) is 56.4 Å². The van der Waals surface area contributed by atoms with Crippen molar-refractivity contribution in [1.82, 2.24) is 0 Å². The van der Waals surface area contributed by atoms with Crippen molar-refractivity contribution in [3.05, 3.63) is 44.2 Å². The molecule has 0 saturated heterocycles. The summed E-state index contributed by atoms with van der Waals surface area (Å²) in [7, 11) is 0. The molecule has 0 aliphatic heterocycles. The van der Waals surface area contributed by atoms with E-state index in [0.29, 0.717) is 10.4 Å². The number of fused-ring (bicyclic) bond motifs is 1. The molecule has 0 spiro atoms. The van der Waals surface area contributed by atoms with Crippen LogP contribution in [0.5, 0.6) is 5.75 Å². The Morgan fingerprint density at radius 2 is 2.16 bits per heavy atom. The monoisotopic (exact) mass is 416 g/mol. The summed E-state index contributed by atoms with van der Waals surface area (Å²) in [6.07, 6.45) is 4.90. The fraction of sp³-hybridized carbons (Fsp3) is 0.400. The van der Waals surface area contributed by atoms with E-state index in [-0.39, 0.29) is 11.2 Å². The Kier molecular flexibility index (Phi) is 5.04. The Balaban J connectivity index is 1.91. The molecule has 0 bridgehead atoms. The first-order valence-electron chi connectivity index (χ1n) is 8.37. The number of halogens is 1. The highest BCUT2D eigenvalue weighted by molar-refractivity contribution is 9.10. The van der Waals surface area contributed by atoms with Crippen LogP contribution in [0.2, 0.25) is 0 Å². The fourth-order valence-corrected chi connectivity index (χ4v) is 4.87. The predicted octanol–water partition coefficient (Wildman–Crippen LogP) is 5.99. The van der Waals surface area contributed by atoms with Crippen LogP contribution in [0.15, 0.2) is 27.7 Å². The van der Waals surface area contributed by atoms with Gasteiger partial charge in [0.25, 0.3) is 0 Å². The van der Waals surface area contributed by atoms with E-state index in [9.17, 15) is 10.4 Å². The van der Waals surface area contributed by atoms with Gasteiger partial charge < -0.3 is 5.11 Å². The molecule has 0 amide bonds. The SMILES string of the molecule is CC(C)(C)[C@H]1CCc2c(sc(N=Cc3ccc(O)c(Br)c3)c2C#N)C1. The number of benzene rings is 1. The number of aromatic hydroxyl groups is 1. The molecule has 3 rings (SSSR count). The van der Waals surface area contributed by atoms with Crippen molar-refractivity contribution in [1.29, 1.82) is 5.26 Å². The van der Waals surface area contributed by atoms with Crippen LogP contribution >= 0.6 is 27.3 Å². The average Bonchev–Trinajstić information content (AvgIpc) is 2.91. The van der Waals surface area contributed by atoms with Gasteiger partial charge >= 0.3 is 0 Å². The summed E-state index contributed by atoms with van der Waals surface area (Å²) in [5.74, 6) is 0.852. The van der Waals surface area contributed by atoms with E-state index < -0.39 is 0 Å². The normalized spacial score (nSPS) is 17.5. The zero-order valence-electron chi connectivity index (χ0n) is 14.6. The standard InChI is InChI=1S/C20H21BrN2OS/c1-20(2,3)13-5-6-14-15(10-22)19(25-18(14)9-13)23-11-12-4-7-17(24)16(21)8-12/h4,7-8,11,13,24H,5-6,9H2,1-3H3/t13-/m0/s1. The van der Waals surface area contributed by atoms with Gasteiger partial charge in [0.1, 0.15) is 16.8 Å². The summed E-state index contributed by atoms with van der Waals surface area (Å²) >= 11 is 4.96. The second-order valence-electron chi connectivity index (χ2n) is 7.57. The second-order valence-corrected chi connectivity index (χ2v) is 9.51. The number of phenols is 1. The molecule has 2 aromatic rings. The van der Waals surface area contributed by atoms with Gasteiger partial charge in [0, 0.05) is 11.1 Å². The molecule has 0 fully saturated rings. The highest BCUT2D eigenvalue weighted by atomic mass is 79.9. The van der Waals surface area contributed by atoms with Gasteiger partial charge in [0.15, 0.2) is 0 Å². The maximum atomic E-state index is 9.61. The summed E-state index contributed by atoms with van der Waals surface area (Å²) in [5, 5.41) is 20.0. The van der Waals surface area contributed by atoms with Crippen LogP contribution < -0.4 is 0 Å². The molecule has 1 N–H and O–H groups in total. The van der Waals surface area contributed by atoms with Crippen LogP contribution in [-0.4, -0.2) is 11.3 Å². The van der Waals surface area contributed by atoms with E-state index in [1.165, 1.54) is 10.4 Å². The van der Waals surface area contributed by atoms with Crippen molar-refractivity contribution >= 4 is 38.5 Å². The smallest absolute Gasteiger partial charge is 0.134 e. The molecule has 25 heavy (non-hydrogen) atoms. The maximum absolute atomic E-state index is 9.61. The lowest BCUT2D eigenvalue weighted by molar-refractivity contribution is 0.218. The zero-order valence-corrected chi connectivity index (χ0v) is 17.0. The van der Waals surface area contributed by atoms with E-state index in [2.05, 4.69) is 47.8 Å². The molecule has 130 valence electrons. The largest absolute Gasteiger partial charge is 0.507 e. The summed E-state index contributed by atoms with van der Waals surface area (Å²) < 4.78 is 0.635. The number of thiophene rings is 1. The van der Waals surface area contributed by atoms with Crippen LogP contribution in [0.1, 0.15) is 48.8 Å². The van der Waals surface area contributed by atoms with Gasteiger partial charge in [-0.2, -0.15) is 5.26 Å². The van der Waals surface area contributed by atoms with Gasteiger partial charge in [-0.1, -0.05) is 20.8 Å². The van der Waals surface area contributed by atoms with E-state index in [1.54, 1.807) is 29.7 Å². The lowest BCUT2D eigenvalue weighted by Gasteiger charge is -2.33. The highest BCUT2D eigenvalue weighted by Crippen LogP contribution is 2.44. The van der Waals surface area contributed by atoms with Crippen LogP contribution in [-0.2, 0) is 12.8 Å². The van der Waals surface area contributed by atoms with E-state index in [1.807, 2.05) is 6.07 Å². The molecule has 0 saturated carbocycles. The Morgan fingerprint density at radius 3 is 2.80 bits per heavy atom. The van der Waals surface area contributed by atoms with Crippen LogP contribution in [0.3, 0.4) is 0 Å². The first-order valence-corrected chi connectivity index (χ1v) is 9.97. The molecule has 1 aromatic heterocycles. The quantitative estimate of drug-likeness (QED) is 0.611. The molecule has 1 atom stereocenters. The van der Waals surface area contributed by atoms with Gasteiger partial charge in [-0.25, -0.2) is 4.99 Å². The number of hydrogen-bond acceptors (Lipinski definition) is 4. The molecule has 3 nitrogen and oxygen atoms in total. The van der Waals surface area contributed by atoms with E-state index in [0.717, 1.165) is 35.4 Å². The van der Waals surface area contributed by atoms with E-state index >= 15 is 0 Å². The predicted molar refractivity (Wildman–Crippen MR) is 107 cm³/mol. The second kappa shape index (κ2) is 6.93. The van der Waals surface area contributed by atoms with Gasteiger partial charge in [-0.3, -0.25) is 0 Å². The van der Waals surface area contributed by atoms with Crippen molar-refractivity contribution in [3.8, 4) is 11.8 Å². The van der Waals surface area contributed by atoms with Crippen molar-refractivity contribution < 1.29 is 5.11 Å². The molecule has 1 aromatic carbocycles. The average molecular weight is 417 g/mol. The molecule has 1 heterocycles. The van der Waals surface area contributed by atoms with E-state index in [4.69, 9.17) is 0 Å². The van der Waals surface area contributed by atoms with Crippen LogP contribution in [0.4, 0.5) is 5.00 Å². The lowest BCUT2D eigenvalue weighted by Crippen LogP contribution is -2.26. The number of phenolic OH excluding ortho intramolecular Hbond substituents is 1. The van der Waals surface area contributed by atoms with Crippen molar-refractivity contribution in [2.24, 2.45) is 16.3 Å². The Labute approximate surface area is 161 Å². The minimum absolute atomic E-state index is 0.203. The van der Waals surface area contributed by atoms with Gasteiger partial charge in [0.2, 0.25) is 0 Å². The van der Waals surface area contributed by atoms with Crippen LogP contribution in [0.25, 0.3) is 0 Å². The number of rotatable bonds is 2. The van der Waals surface area contributed by atoms with Crippen LogP contribution in [0, 0.1) is 22.7 Å². The van der Waals surface area contributed by atoms with Gasteiger partial charge in [0.05, 0.1) is 10.0 Å². The number of hydrogen-bond donors (Lipinski definition) is 1. The number of nitriles is 1. The third-order valence-corrected chi connectivity index (χ3v) is 6.68. The Bertz CT molecular complexity index is 871. The van der Waals surface area contributed by atoms with Crippen molar-refractivity contribution in [3.63, 3.8) is 0 Å². The summed E-state index contributed by atoms with van der Waals surface area (Å²) in [5.41, 5.74) is 3.11. The highest BCUT2D eigenvalue weighted by Gasteiger charge is 2.32. The molecular weight excluding hydrogens is 396 g/mol. The molecule has 0 radical (unpaired) electrons. The molecule has 5 heteroatoms. The minimum atomic E-state index is 0.203. The van der Waals surface area contributed by atoms with Gasteiger partial charge in [-0.05, 0) is 75.9 Å². The molecule has 1 aliphatic carbocycles. The minimum Gasteiger partial charge on any atom is -0.507 e.